The topological polar surface area (TPSA) is 85.4 Å². The fourth-order valence-electron chi connectivity index (χ4n) is 1.99. The van der Waals surface area contributed by atoms with E-state index in [0.29, 0.717) is 11.1 Å². The molecule has 0 aliphatic heterocycles. The van der Waals surface area contributed by atoms with Gasteiger partial charge in [0, 0.05) is 18.1 Å². The molecule has 1 aromatic heterocycles. The highest BCUT2D eigenvalue weighted by molar-refractivity contribution is 6.05. The van der Waals surface area contributed by atoms with E-state index in [2.05, 4.69) is 10.4 Å². The predicted molar refractivity (Wildman–Crippen MR) is 75.3 cm³/mol. The molecule has 3 N–H and O–H groups in total. The Morgan fingerprint density at radius 1 is 1.35 bits per heavy atom. The first-order valence-corrected chi connectivity index (χ1v) is 6.36. The Kier molecular flexibility index (Phi) is 3.93. The number of carbonyl (C=O) groups excluding carboxylic acids is 1. The minimum atomic E-state index is -1.18. The van der Waals surface area contributed by atoms with E-state index < -0.39 is 12.0 Å². The maximum absolute atomic E-state index is 12.2. The number of hydrogen-bond acceptors (Lipinski definition) is 2. The van der Waals surface area contributed by atoms with E-state index in [4.69, 9.17) is 5.11 Å². The Labute approximate surface area is 116 Å². The quantitative estimate of drug-likeness (QED) is 0.752. The fraction of sp³-hybridized carbons (Fsp3) is 0.286. The van der Waals surface area contributed by atoms with Crippen molar-refractivity contribution in [1.82, 2.24) is 15.4 Å². The second-order valence-corrected chi connectivity index (χ2v) is 4.98. The van der Waals surface area contributed by atoms with Crippen LogP contribution in [0.1, 0.15) is 24.2 Å². The van der Waals surface area contributed by atoms with Crippen molar-refractivity contribution in [1.29, 1.82) is 0 Å². The van der Waals surface area contributed by atoms with Gasteiger partial charge in [-0.1, -0.05) is 26.0 Å². The number of aromatic nitrogens is 1. The van der Waals surface area contributed by atoms with Crippen LogP contribution < -0.4 is 5.43 Å². The lowest BCUT2D eigenvalue weighted by molar-refractivity contribution is 0.0733. The molecule has 6 heteroatoms. The maximum atomic E-state index is 12.2. The van der Waals surface area contributed by atoms with Crippen molar-refractivity contribution < 1.29 is 14.7 Å². The van der Waals surface area contributed by atoms with Gasteiger partial charge in [-0.05, 0) is 18.1 Å². The van der Waals surface area contributed by atoms with Crippen LogP contribution in [-0.2, 0) is 0 Å². The number of aromatic amines is 1. The van der Waals surface area contributed by atoms with Crippen LogP contribution in [0, 0.1) is 5.92 Å². The van der Waals surface area contributed by atoms with E-state index >= 15 is 0 Å². The van der Waals surface area contributed by atoms with Crippen molar-refractivity contribution in [3.05, 3.63) is 36.0 Å². The molecule has 0 spiro atoms. The van der Waals surface area contributed by atoms with Crippen molar-refractivity contribution in [2.45, 2.75) is 13.8 Å². The molecule has 6 nitrogen and oxygen atoms in total. The number of rotatable bonds is 3. The Balaban J connectivity index is 2.22. The third-order valence-corrected chi connectivity index (χ3v) is 2.85. The molecular weight excluding hydrogens is 258 g/mol. The van der Waals surface area contributed by atoms with E-state index in [1.165, 1.54) is 0 Å². The molecule has 0 atom stereocenters. The molecule has 2 amide bonds. The summed E-state index contributed by atoms with van der Waals surface area (Å²) in [5.74, 6) is -0.325. The molecular formula is C14H17N3O3. The minimum Gasteiger partial charge on any atom is -0.464 e. The first-order valence-electron chi connectivity index (χ1n) is 6.36. The normalized spacial score (nSPS) is 10.8. The van der Waals surface area contributed by atoms with E-state index in [0.717, 1.165) is 10.4 Å². The van der Waals surface area contributed by atoms with Crippen LogP contribution in [0.5, 0.6) is 0 Å². The number of carbonyl (C=O) groups is 2. The second kappa shape index (κ2) is 5.64. The molecule has 0 fully saturated rings. The maximum Gasteiger partial charge on any atom is 0.426 e. The van der Waals surface area contributed by atoms with Gasteiger partial charge in [-0.3, -0.25) is 10.2 Å². The molecule has 0 aliphatic rings. The van der Waals surface area contributed by atoms with Gasteiger partial charge >= 0.3 is 6.09 Å². The molecule has 20 heavy (non-hydrogen) atoms. The molecule has 0 radical (unpaired) electrons. The lowest BCUT2D eigenvalue weighted by Crippen LogP contribution is -2.47. The Morgan fingerprint density at radius 3 is 2.75 bits per heavy atom. The van der Waals surface area contributed by atoms with E-state index in [-0.39, 0.29) is 12.5 Å². The van der Waals surface area contributed by atoms with Crippen molar-refractivity contribution in [3.8, 4) is 0 Å². The molecule has 0 aliphatic carbocycles. The van der Waals surface area contributed by atoms with Crippen LogP contribution in [0.15, 0.2) is 30.5 Å². The second-order valence-electron chi connectivity index (χ2n) is 4.98. The van der Waals surface area contributed by atoms with E-state index in [9.17, 15) is 9.59 Å². The fourth-order valence-corrected chi connectivity index (χ4v) is 1.99. The average molecular weight is 275 g/mol. The van der Waals surface area contributed by atoms with Crippen molar-refractivity contribution >= 4 is 22.9 Å². The van der Waals surface area contributed by atoms with E-state index in [1.54, 1.807) is 18.3 Å². The first-order chi connectivity index (χ1) is 9.49. The number of nitrogens with one attached hydrogen (secondary N) is 2. The van der Waals surface area contributed by atoms with Gasteiger partial charge in [-0.15, -0.1) is 0 Å². The number of fused-ring (bicyclic) bond motifs is 1. The highest BCUT2D eigenvalue weighted by Crippen LogP contribution is 2.16. The number of carboxylic acid groups (broad SMARTS) is 1. The molecule has 2 rings (SSSR count). The van der Waals surface area contributed by atoms with Gasteiger partial charge in [0.2, 0.25) is 0 Å². The lowest BCUT2D eigenvalue weighted by atomic mass is 10.1. The number of para-hydroxylation sites is 1. The van der Waals surface area contributed by atoms with Crippen LogP contribution in [0.4, 0.5) is 4.79 Å². The monoisotopic (exact) mass is 275 g/mol. The third-order valence-electron chi connectivity index (χ3n) is 2.85. The third kappa shape index (κ3) is 2.90. The molecule has 0 bridgehead atoms. The smallest absolute Gasteiger partial charge is 0.426 e. The standard InChI is InChI=1S/C14H17N3O3/c1-9(2)8-17(14(19)20)16-13(18)11-5-3-4-10-6-7-15-12(10)11/h3-7,9,15H,8H2,1-2H3,(H,16,18)(H,19,20). The summed E-state index contributed by atoms with van der Waals surface area (Å²) in [4.78, 5) is 26.3. The van der Waals surface area contributed by atoms with Crippen LogP contribution in [0.25, 0.3) is 10.9 Å². The van der Waals surface area contributed by atoms with Gasteiger partial charge in [-0.25, -0.2) is 9.80 Å². The number of amides is 2. The zero-order valence-corrected chi connectivity index (χ0v) is 11.4. The molecule has 0 saturated heterocycles. The van der Waals surface area contributed by atoms with Crippen molar-refractivity contribution in [3.63, 3.8) is 0 Å². The molecule has 0 saturated carbocycles. The molecule has 2 aromatic rings. The van der Waals surface area contributed by atoms with Crippen molar-refractivity contribution in [2.75, 3.05) is 6.54 Å². The zero-order chi connectivity index (χ0) is 14.7. The average Bonchev–Trinajstić information content (AvgIpc) is 2.84. The summed E-state index contributed by atoms with van der Waals surface area (Å²) in [7, 11) is 0. The van der Waals surface area contributed by atoms with Gasteiger partial charge in [0.15, 0.2) is 0 Å². The van der Waals surface area contributed by atoms with Gasteiger partial charge in [0.25, 0.3) is 5.91 Å². The van der Waals surface area contributed by atoms with Crippen LogP contribution in [-0.4, -0.2) is 33.6 Å². The number of nitrogens with zero attached hydrogens (tertiary/aromatic N) is 1. The Morgan fingerprint density at radius 2 is 2.10 bits per heavy atom. The molecule has 1 aromatic carbocycles. The van der Waals surface area contributed by atoms with Crippen LogP contribution in [0.3, 0.4) is 0 Å². The molecule has 0 unspecified atom stereocenters. The summed E-state index contributed by atoms with van der Waals surface area (Å²) in [6.07, 6.45) is 0.565. The Hall–Kier alpha value is -2.50. The molecule has 1 heterocycles. The molecule has 106 valence electrons. The van der Waals surface area contributed by atoms with Crippen LogP contribution >= 0.6 is 0 Å². The summed E-state index contributed by atoms with van der Waals surface area (Å²) >= 11 is 0. The summed E-state index contributed by atoms with van der Waals surface area (Å²) < 4.78 is 0. The van der Waals surface area contributed by atoms with Gasteiger partial charge in [-0.2, -0.15) is 0 Å². The SMILES string of the molecule is CC(C)CN(NC(=O)c1cccc2cc[nH]c12)C(=O)O. The van der Waals surface area contributed by atoms with Gasteiger partial charge in [0.1, 0.15) is 0 Å². The summed E-state index contributed by atoms with van der Waals surface area (Å²) in [5, 5.41) is 10.9. The number of hydrazine groups is 1. The number of benzene rings is 1. The summed E-state index contributed by atoms with van der Waals surface area (Å²) in [6, 6.07) is 7.16. The largest absolute Gasteiger partial charge is 0.464 e. The number of H-pyrrole nitrogens is 1. The highest BCUT2D eigenvalue weighted by atomic mass is 16.4. The van der Waals surface area contributed by atoms with E-state index in [1.807, 2.05) is 26.0 Å². The van der Waals surface area contributed by atoms with Gasteiger partial charge in [0.05, 0.1) is 11.1 Å². The number of hydrogen-bond donors (Lipinski definition) is 3. The first kappa shape index (κ1) is 13.9. The zero-order valence-electron chi connectivity index (χ0n) is 11.4. The summed E-state index contributed by atoms with van der Waals surface area (Å²) in [5.41, 5.74) is 3.53. The van der Waals surface area contributed by atoms with Crippen LogP contribution in [0.2, 0.25) is 0 Å². The summed E-state index contributed by atoms with van der Waals surface area (Å²) in [6.45, 7) is 4.00. The van der Waals surface area contributed by atoms with Gasteiger partial charge < -0.3 is 10.1 Å². The Bertz CT molecular complexity index is 633. The highest BCUT2D eigenvalue weighted by Gasteiger charge is 2.18. The lowest BCUT2D eigenvalue weighted by Gasteiger charge is -2.21. The minimum absolute atomic E-state index is 0.118. The van der Waals surface area contributed by atoms with Crippen molar-refractivity contribution in [2.24, 2.45) is 5.92 Å². The predicted octanol–water partition coefficient (Wildman–Crippen LogP) is 2.45.